The number of carbonyl (C=O) groups is 2. The predicted octanol–water partition coefficient (Wildman–Crippen LogP) is 3.29. The minimum Gasteiger partial charge on any atom is -0.274 e. The number of fused-ring (bicyclic) bond motifs is 3. The summed E-state index contributed by atoms with van der Waals surface area (Å²) >= 11 is 3.44. The Morgan fingerprint density at radius 3 is 2.33 bits per heavy atom. The van der Waals surface area contributed by atoms with Crippen LogP contribution in [0, 0.1) is 12.8 Å². The van der Waals surface area contributed by atoms with Gasteiger partial charge in [-0.15, -0.1) is 0 Å². The first-order valence-corrected chi connectivity index (χ1v) is 10.1. The Kier molecular flexibility index (Phi) is 3.96. The van der Waals surface area contributed by atoms with Crippen molar-refractivity contribution >= 4 is 33.4 Å². The molecule has 3 fully saturated rings. The van der Waals surface area contributed by atoms with Crippen LogP contribution in [0.2, 0.25) is 0 Å². The smallest absolute Gasteiger partial charge is 0.253 e. The Hall–Kier alpha value is -2.02. The highest BCUT2D eigenvalue weighted by molar-refractivity contribution is 9.10. The van der Waals surface area contributed by atoms with Gasteiger partial charge in [-0.2, -0.15) is 0 Å². The van der Waals surface area contributed by atoms with Gasteiger partial charge in [0.2, 0.25) is 5.91 Å². The fourth-order valence-corrected chi connectivity index (χ4v) is 5.13. The highest BCUT2D eigenvalue weighted by atomic mass is 79.9. The molecule has 5 rings (SSSR count). The van der Waals surface area contributed by atoms with E-state index in [9.17, 15) is 9.59 Å². The second-order valence-electron chi connectivity index (χ2n) is 7.50. The van der Waals surface area contributed by atoms with Crippen molar-refractivity contribution in [3.05, 3.63) is 64.1 Å². The molecule has 138 valence electrons. The van der Waals surface area contributed by atoms with Crippen LogP contribution in [0.4, 0.5) is 5.69 Å². The van der Waals surface area contributed by atoms with E-state index in [4.69, 9.17) is 0 Å². The number of rotatable bonds is 2. The van der Waals surface area contributed by atoms with E-state index in [1.54, 1.807) is 0 Å². The van der Waals surface area contributed by atoms with Crippen molar-refractivity contribution in [3.8, 4) is 0 Å². The second kappa shape index (κ2) is 6.26. The molecular weight excluding hydrogens is 406 g/mol. The summed E-state index contributed by atoms with van der Waals surface area (Å²) in [6, 6.07) is 15.3. The van der Waals surface area contributed by atoms with Gasteiger partial charge in [-0.05, 0) is 37.1 Å². The zero-order valence-electron chi connectivity index (χ0n) is 15.0. The summed E-state index contributed by atoms with van der Waals surface area (Å²) in [5.41, 5.74) is 2.94. The van der Waals surface area contributed by atoms with E-state index in [-0.39, 0.29) is 23.8 Å². The van der Waals surface area contributed by atoms with E-state index in [1.807, 2.05) is 24.3 Å². The molecule has 5 nitrogen and oxygen atoms in total. The molecule has 2 amide bonds. The van der Waals surface area contributed by atoms with Crippen LogP contribution in [-0.2, 0) is 9.59 Å². The molecule has 0 bridgehead atoms. The third-order valence-corrected chi connectivity index (χ3v) is 6.38. The third kappa shape index (κ3) is 2.51. The number of nitrogens with zero attached hydrogens (tertiary/aromatic N) is 3. The maximum Gasteiger partial charge on any atom is 0.253 e. The molecule has 2 aromatic carbocycles. The minimum atomic E-state index is -0.398. The Morgan fingerprint density at radius 1 is 0.926 bits per heavy atom. The van der Waals surface area contributed by atoms with E-state index in [0.717, 1.165) is 29.5 Å². The number of anilines is 1. The lowest BCUT2D eigenvalue weighted by molar-refractivity contribution is -0.126. The average molecular weight is 426 g/mol. The van der Waals surface area contributed by atoms with Gasteiger partial charge >= 0.3 is 0 Å². The lowest BCUT2D eigenvalue weighted by Crippen LogP contribution is -2.44. The molecule has 0 N–H and O–H groups in total. The SMILES string of the molecule is Cc1ccc([C@@H]2[C@@H]3C(=O)N(c4cccc(Br)c4)C(=O)[C@@H]3N3CCCN23)cc1. The number of hydrogen-bond donors (Lipinski definition) is 0. The zero-order valence-corrected chi connectivity index (χ0v) is 16.6. The van der Waals surface area contributed by atoms with E-state index < -0.39 is 6.04 Å². The molecule has 6 heteroatoms. The molecule has 3 atom stereocenters. The van der Waals surface area contributed by atoms with Crippen molar-refractivity contribution in [2.75, 3.05) is 18.0 Å². The van der Waals surface area contributed by atoms with Gasteiger partial charge in [0, 0.05) is 17.6 Å². The van der Waals surface area contributed by atoms with Crippen molar-refractivity contribution in [2.45, 2.75) is 25.4 Å². The van der Waals surface area contributed by atoms with Crippen molar-refractivity contribution in [3.63, 3.8) is 0 Å². The van der Waals surface area contributed by atoms with Gasteiger partial charge in [0.25, 0.3) is 5.91 Å². The normalized spacial score (nSPS) is 28.1. The second-order valence-corrected chi connectivity index (χ2v) is 8.41. The molecular formula is C21H20BrN3O2. The maximum atomic E-state index is 13.4. The molecule has 3 aliphatic rings. The molecule has 0 radical (unpaired) electrons. The molecule has 0 aliphatic carbocycles. The number of hydrazine groups is 1. The molecule has 0 unspecified atom stereocenters. The van der Waals surface area contributed by atoms with Gasteiger partial charge in [-0.25, -0.2) is 14.9 Å². The summed E-state index contributed by atoms with van der Waals surface area (Å²) in [4.78, 5) is 28.1. The van der Waals surface area contributed by atoms with E-state index >= 15 is 0 Å². The molecule has 2 aromatic rings. The van der Waals surface area contributed by atoms with Crippen LogP contribution in [0.5, 0.6) is 0 Å². The average Bonchev–Trinajstić information content (AvgIpc) is 3.28. The number of imide groups is 1. The number of hydrogen-bond acceptors (Lipinski definition) is 4. The first-order valence-electron chi connectivity index (χ1n) is 9.29. The topological polar surface area (TPSA) is 43.9 Å². The fraction of sp³-hybridized carbons (Fsp3) is 0.333. The summed E-state index contributed by atoms with van der Waals surface area (Å²) < 4.78 is 0.857. The molecule has 3 heterocycles. The number of halogens is 1. The van der Waals surface area contributed by atoms with Crippen LogP contribution in [-0.4, -0.2) is 41.0 Å². The predicted molar refractivity (Wildman–Crippen MR) is 106 cm³/mol. The lowest BCUT2D eigenvalue weighted by atomic mass is 9.89. The van der Waals surface area contributed by atoms with E-state index in [1.165, 1.54) is 10.5 Å². The van der Waals surface area contributed by atoms with Crippen molar-refractivity contribution in [2.24, 2.45) is 5.92 Å². The van der Waals surface area contributed by atoms with Gasteiger partial charge in [0.05, 0.1) is 17.6 Å². The van der Waals surface area contributed by atoms with Gasteiger partial charge in [0.15, 0.2) is 0 Å². The van der Waals surface area contributed by atoms with Crippen LogP contribution < -0.4 is 4.90 Å². The number of aryl methyl sites for hydroxylation is 1. The highest BCUT2D eigenvalue weighted by Gasteiger charge is 2.62. The molecule has 3 saturated heterocycles. The molecule has 0 saturated carbocycles. The number of benzene rings is 2. The van der Waals surface area contributed by atoms with Crippen LogP contribution in [0.1, 0.15) is 23.6 Å². The number of carbonyl (C=O) groups excluding carboxylic acids is 2. The van der Waals surface area contributed by atoms with Crippen LogP contribution in [0.25, 0.3) is 0 Å². The van der Waals surface area contributed by atoms with Crippen molar-refractivity contribution in [1.29, 1.82) is 0 Å². The van der Waals surface area contributed by atoms with Crippen LogP contribution in [0.15, 0.2) is 53.0 Å². The van der Waals surface area contributed by atoms with Crippen molar-refractivity contribution < 1.29 is 9.59 Å². The first-order chi connectivity index (χ1) is 13.1. The third-order valence-electron chi connectivity index (χ3n) is 5.89. The first kappa shape index (κ1) is 17.1. The van der Waals surface area contributed by atoms with Gasteiger partial charge in [-0.1, -0.05) is 51.8 Å². The van der Waals surface area contributed by atoms with Gasteiger partial charge in [-0.3, -0.25) is 9.59 Å². The zero-order chi connectivity index (χ0) is 18.7. The van der Waals surface area contributed by atoms with Gasteiger partial charge < -0.3 is 0 Å². The Labute approximate surface area is 166 Å². The van der Waals surface area contributed by atoms with Crippen LogP contribution in [0.3, 0.4) is 0 Å². The summed E-state index contributed by atoms with van der Waals surface area (Å²) in [7, 11) is 0. The van der Waals surface area contributed by atoms with Crippen LogP contribution >= 0.6 is 15.9 Å². The Bertz CT molecular complexity index is 929. The van der Waals surface area contributed by atoms with E-state index in [2.05, 4.69) is 57.1 Å². The summed E-state index contributed by atoms with van der Waals surface area (Å²) in [5.74, 6) is -0.563. The molecule has 27 heavy (non-hydrogen) atoms. The van der Waals surface area contributed by atoms with E-state index in [0.29, 0.717) is 5.69 Å². The largest absolute Gasteiger partial charge is 0.274 e. The molecule has 0 aromatic heterocycles. The summed E-state index contributed by atoms with van der Waals surface area (Å²) in [5, 5.41) is 4.38. The summed E-state index contributed by atoms with van der Waals surface area (Å²) in [6.45, 7) is 3.78. The standard InChI is InChI=1S/C21H20BrN3O2/c1-13-6-8-14(9-7-13)18-17-19(24-11-3-10-23(18)24)21(27)25(20(17)26)16-5-2-4-15(22)12-16/h2,4-9,12,17-19H,3,10-11H2,1H3/t17-,18+,19+/m0/s1. The Morgan fingerprint density at radius 2 is 1.63 bits per heavy atom. The Balaban J connectivity index is 1.59. The van der Waals surface area contributed by atoms with Gasteiger partial charge in [0.1, 0.15) is 6.04 Å². The number of amides is 2. The van der Waals surface area contributed by atoms with Crippen molar-refractivity contribution in [1.82, 2.24) is 10.0 Å². The lowest BCUT2D eigenvalue weighted by Gasteiger charge is -2.29. The summed E-state index contributed by atoms with van der Waals surface area (Å²) in [6.07, 6.45) is 1.02. The molecule has 0 spiro atoms. The highest BCUT2D eigenvalue weighted by Crippen LogP contribution is 2.49. The monoisotopic (exact) mass is 425 g/mol. The fourth-order valence-electron chi connectivity index (χ4n) is 4.75. The minimum absolute atomic E-state index is 0.0771. The maximum absolute atomic E-state index is 13.4. The molecule has 3 aliphatic heterocycles. The quantitative estimate of drug-likeness (QED) is 0.692.